The molecule has 0 fully saturated rings. The molecule has 1 aromatic rings. The number of hydrogen-bond acceptors (Lipinski definition) is 5. The van der Waals surface area contributed by atoms with E-state index in [2.05, 4.69) is 20.0 Å². The molecule has 0 aromatic carbocycles. The van der Waals surface area contributed by atoms with Crippen molar-refractivity contribution in [3.8, 4) is 0 Å². The van der Waals surface area contributed by atoms with Crippen LogP contribution >= 0.6 is 11.5 Å². The third-order valence-corrected chi connectivity index (χ3v) is 2.07. The van der Waals surface area contributed by atoms with Crippen LogP contribution in [0, 0.1) is 6.92 Å². The highest BCUT2D eigenvalue weighted by Gasteiger charge is 2.02. The molecule has 0 spiro atoms. The first-order valence-corrected chi connectivity index (χ1v) is 4.80. The van der Waals surface area contributed by atoms with Gasteiger partial charge in [0.1, 0.15) is 5.82 Å². The molecular formula is C7H12N4OS. The maximum Gasteiger partial charge on any atom is 0.239 e. The summed E-state index contributed by atoms with van der Waals surface area (Å²) in [5.74, 6) is 0.693. The molecule has 0 radical (unpaired) electrons. The molecule has 0 saturated heterocycles. The minimum Gasteiger partial charge on any atom is -0.355 e. The predicted octanol–water partition coefficient (Wildman–Crippen LogP) is 0.395. The summed E-state index contributed by atoms with van der Waals surface area (Å²) in [6.07, 6.45) is 0. The van der Waals surface area contributed by atoms with Crippen LogP contribution in [-0.4, -0.2) is 28.4 Å². The highest BCUT2D eigenvalue weighted by atomic mass is 32.1. The summed E-state index contributed by atoms with van der Waals surface area (Å²) in [6, 6.07) is 0. The number of amides is 1. The highest BCUT2D eigenvalue weighted by Crippen LogP contribution is 2.08. The lowest BCUT2D eigenvalue weighted by atomic mass is 10.5. The van der Waals surface area contributed by atoms with Crippen LogP contribution < -0.4 is 10.6 Å². The number of anilines is 1. The second kappa shape index (κ2) is 4.76. The Balaban J connectivity index is 2.30. The number of carbonyl (C=O) groups is 1. The van der Waals surface area contributed by atoms with Crippen molar-refractivity contribution in [2.24, 2.45) is 0 Å². The van der Waals surface area contributed by atoms with Gasteiger partial charge in [-0.3, -0.25) is 4.79 Å². The van der Waals surface area contributed by atoms with Crippen LogP contribution in [0.5, 0.6) is 0 Å². The first-order chi connectivity index (χ1) is 6.22. The van der Waals surface area contributed by atoms with E-state index in [9.17, 15) is 4.79 Å². The Bertz CT molecular complexity index is 286. The van der Waals surface area contributed by atoms with Crippen molar-refractivity contribution < 1.29 is 4.79 Å². The number of rotatable bonds is 4. The van der Waals surface area contributed by atoms with E-state index in [0.717, 1.165) is 5.82 Å². The van der Waals surface area contributed by atoms with Gasteiger partial charge < -0.3 is 10.6 Å². The molecule has 72 valence electrons. The summed E-state index contributed by atoms with van der Waals surface area (Å²) in [4.78, 5) is 15.1. The molecule has 0 aliphatic carbocycles. The third kappa shape index (κ3) is 3.37. The molecule has 1 aromatic heterocycles. The molecule has 1 amide bonds. The number of hydrogen-bond donors (Lipinski definition) is 2. The van der Waals surface area contributed by atoms with Crippen LogP contribution in [0.4, 0.5) is 5.13 Å². The van der Waals surface area contributed by atoms with Crippen molar-refractivity contribution in [2.45, 2.75) is 13.8 Å². The highest BCUT2D eigenvalue weighted by molar-refractivity contribution is 7.09. The van der Waals surface area contributed by atoms with Gasteiger partial charge in [0.15, 0.2) is 0 Å². The van der Waals surface area contributed by atoms with Crippen LogP contribution in [0.1, 0.15) is 12.7 Å². The van der Waals surface area contributed by atoms with Gasteiger partial charge in [-0.05, 0) is 13.8 Å². The van der Waals surface area contributed by atoms with Gasteiger partial charge in [-0.2, -0.15) is 4.37 Å². The number of likely N-dealkylation sites (N-methyl/N-ethyl adjacent to an activating group) is 1. The summed E-state index contributed by atoms with van der Waals surface area (Å²) in [6.45, 7) is 4.60. The summed E-state index contributed by atoms with van der Waals surface area (Å²) >= 11 is 1.26. The Kier molecular flexibility index (Phi) is 3.63. The molecule has 0 aliphatic rings. The van der Waals surface area contributed by atoms with Crippen molar-refractivity contribution in [1.29, 1.82) is 0 Å². The normalized spacial score (nSPS) is 9.69. The first-order valence-electron chi connectivity index (χ1n) is 4.03. The van der Waals surface area contributed by atoms with Crippen molar-refractivity contribution in [1.82, 2.24) is 14.7 Å². The first kappa shape index (κ1) is 9.91. The van der Waals surface area contributed by atoms with Gasteiger partial charge in [0, 0.05) is 18.1 Å². The van der Waals surface area contributed by atoms with Crippen molar-refractivity contribution in [3.63, 3.8) is 0 Å². The Morgan fingerprint density at radius 2 is 2.38 bits per heavy atom. The molecule has 0 bridgehead atoms. The quantitative estimate of drug-likeness (QED) is 0.738. The van der Waals surface area contributed by atoms with E-state index in [4.69, 9.17) is 0 Å². The zero-order valence-corrected chi connectivity index (χ0v) is 8.44. The standard InChI is InChI=1S/C7H12N4OS/c1-3-8-6(12)4-9-7-10-5(2)11-13-7/h3-4H2,1-2H3,(H,8,12)(H,9,10,11). The van der Waals surface area contributed by atoms with Crippen LogP contribution in [0.25, 0.3) is 0 Å². The number of carbonyl (C=O) groups excluding carboxylic acids is 1. The second-order valence-corrected chi connectivity index (χ2v) is 3.21. The average Bonchev–Trinajstić information content (AvgIpc) is 2.49. The molecule has 5 nitrogen and oxygen atoms in total. The fourth-order valence-electron chi connectivity index (χ4n) is 0.784. The van der Waals surface area contributed by atoms with Crippen LogP contribution in [0.3, 0.4) is 0 Å². The molecular weight excluding hydrogens is 188 g/mol. The Morgan fingerprint density at radius 3 is 2.92 bits per heavy atom. The zero-order valence-electron chi connectivity index (χ0n) is 7.63. The maximum absolute atomic E-state index is 11.0. The molecule has 6 heteroatoms. The van der Waals surface area contributed by atoms with Gasteiger partial charge in [-0.25, -0.2) is 4.98 Å². The smallest absolute Gasteiger partial charge is 0.239 e. The van der Waals surface area contributed by atoms with E-state index in [1.54, 1.807) is 0 Å². The topological polar surface area (TPSA) is 66.9 Å². The van der Waals surface area contributed by atoms with E-state index < -0.39 is 0 Å². The van der Waals surface area contributed by atoms with Gasteiger partial charge in [0.2, 0.25) is 11.0 Å². The minimum absolute atomic E-state index is 0.0321. The number of aromatic nitrogens is 2. The summed E-state index contributed by atoms with van der Waals surface area (Å²) < 4.78 is 3.98. The van der Waals surface area contributed by atoms with Crippen LogP contribution in [-0.2, 0) is 4.79 Å². The molecule has 0 unspecified atom stereocenters. The van der Waals surface area contributed by atoms with E-state index in [0.29, 0.717) is 11.7 Å². The monoisotopic (exact) mass is 200 g/mol. The van der Waals surface area contributed by atoms with Gasteiger partial charge in [-0.15, -0.1) is 0 Å². The zero-order chi connectivity index (χ0) is 9.68. The minimum atomic E-state index is -0.0321. The molecule has 1 rings (SSSR count). The lowest BCUT2D eigenvalue weighted by molar-refractivity contribution is -0.119. The molecule has 13 heavy (non-hydrogen) atoms. The molecule has 0 aliphatic heterocycles. The summed E-state index contributed by atoms with van der Waals surface area (Å²) in [5, 5.41) is 6.24. The van der Waals surface area contributed by atoms with Gasteiger partial charge >= 0.3 is 0 Å². The van der Waals surface area contributed by atoms with Crippen molar-refractivity contribution in [3.05, 3.63) is 5.82 Å². The van der Waals surface area contributed by atoms with Gasteiger partial charge in [0.25, 0.3) is 0 Å². The number of nitrogens with one attached hydrogen (secondary N) is 2. The number of aryl methyl sites for hydroxylation is 1. The SMILES string of the molecule is CCNC(=O)CNc1nc(C)ns1. The van der Waals surface area contributed by atoms with E-state index in [1.807, 2.05) is 13.8 Å². The van der Waals surface area contributed by atoms with Crippen LogP contribution in [0.15, 0.2) is 0 Å². The summed E-state index contributed by atoms with van der Waals surface area (Å²) in [7, 11) is 0. The van der Waals surface area contributed by atoms with E-state index in [1.165, 1.54) is 11.5 Å². The lowest BCUT2D eigenvalue weighted by Crippen LogP contribution is -2.29. The maximum atomic E-state index is 11.0. The molecule has 2 N–H and O–H groups in total. The fraction of sp³-hybridized carbons (Fsp3) is 0.571. The Morgan fingerprint density at radius 1 is 1.62 bits per heavy atom. The Hall–Kier alpha value is -1.17. The van der Waals surface area contributed by atoms with Crippen molar-refractivity contribution >= 4 is 22.6 Å². The van der Waals surface area contributed by atoms with Gasteiger partial charge in [-0.1, -0.05) is 0 Å². The molecule has 0 saturated carbocycles. The predicted molar refractivity (Wildman–Crippen MR) is 51.8 cm³/mol. The third-order valence-electron chi connectivity index (χ3n) is 1.30. The average molecular weight is 200 g/mol. The molecule has 1 heterocycles. The van der Waals surface area contributed by atoms with Gasteiger partial charge in [0.05, 0.1) is 6.54 Å². The fourth-order valence-corrected chi connectivity index (χ4v) is 1.35. The largest absolute Gasteiger partial charge is 0.355 e. The lowest BCUT2D eigenvalue weighted by Gasteiger charge is -2.01. The number of nitrogens with zero attached hydrogens (tertiary/aromatic N) is 2. The molecule has 0 atom stereocenters. The second-order valence-electron chi connectivity index (χ2n) is 2.45. The van der Waals surface area contributed by atoms with E-state index in [-0.39, 0.29) is 12.5 Å². The van der Waals surface area contributed by atoms with Crippen LogP contribution in [0.2, 0.25) is 0 Å². The van der Waals surface area contributed by atoms with E-state index >= 15 is 0 Å². The van der Waals surface area contributed by atoms with Crippen molar-refractivity contribution in [2.75, 3.05) is 18.4 Å². The Labute approximate surface area is 80.7 Å². The summed E-state index contributed by atoms with van der Waals surface area (Å²) in [5.41, 5.74) is 0.